The van der Waals surface area contributed by atoms with Gasteiger partial charge in [-0.1, -0.05) is 370 Å². The van der Waals surface area contributed by atoms with Crippen molar-refractivity contribution >= 4 is 43.4 Å². The smallest absolute Gasteiger partial charge is 0.160 e. The van der Waals surface area contributed by atoms with E-state index in [4.69, 9.17) is 39.4 Å². The van der Waals surface area contributed by atoms with Crippen LogP contribution in [-0.4, -0.2) is 29.9 Å². The summed E-state index contributed by atoms with van der Waals surface area (Å²) in [5, 5.41) is 6.43. The van der Waals surface area contributed by atoms with Gasteiger partial charge in [0.1, 0.15) is 23.0 Å². The van der Waals surface area contributed by atoms with Crippen molar-refractivity contribution < 1.29 is 9.47 Å². The number of ether oxygens (including phenoxy) is 2. The predicted molar refractivity (Wildman–Crippen MR) is 519 cm³/mol. The Morgan fingerprint density at radius 2 is 0.445 bits per heavy atom. The standard InChI is InChI=1S/2C60H37N3O/c1-4-17-38(18-5-1)41-23-16-24-42(33-41)54-37-55(63-59(62-54)40-21-8-3-9-22-40)43-31-32-53-47(34-43)46-35-52-57(36-48(46)58(61-53)39-19-6-2-7-20-39)64-56-30-15-14-29-51(56)60(52)49-27-12-10-25-44(49)45-26-11-13-28-50(45)60;1-4-16-39(17-5-1)54-37-55(63-59(62-54)42-20-8-3-9-21-42)40-30-28-38(29-31-40)43-32-33-53-47(34-43)46-35-52-57(36-48(46)58(61-53)41-18-6-2-7-19-41)64-56-27-15-14-26-51(56)60(52)49-24-12-10-22-44(49)45-23-11-13-25-50(45)60/h2*1-37H. The minimum atomic E-state index is -0.605. The van der Waals surface area contributed by atoms with Crippen molar-refractivity contribution in [2.24, 2.45) is 0 Å². The highest BCUT2D eigenvalue weighted by Gasteiger charge is 2.53. The predicted octanol–water partition coefficient (Wildman–Crippen LogP) is 30.0. The number of benzene rings is 18. The molecule has 596 valence electrons. The molecule has 0 fully saturated rings. The van der Waals surface area contributed by atoms with Crippen LogP contribution in [0.1, 0.15) is 44.5 Å². The molecular weight excluding hydrogens is 1560 g/mol. The number of para-hydroxylation sites is 2. The first kappa shape index (κ1) is 73.8. The van der Waals surface area contributed by atoms with Gasteiger partial charge in [-0.05, 0) is 156 Å². The number of fused-ring (bicyclic) bond motifs is 24. The number of pyridine rings is 2. The van der Waals surface area contributed by atoms with E-state index in [2.05, 4.69) is 388 Å². The number of nitrogens with zero attached hydrogens (tertiary/aromatic N) is 6. The Morgan fingerprint density at radius 3 is 0.875 bits per heavy atom. The monoisotopic (exact) mass is 1630 g/mol. The molecule has 22 aromatic rings. The van der Waals surface area contributed by atoms with Crippen LogP contribution in [0.2, 0.25) is 0 Å². The highest BCUT2D eigenvalue weighted by molar-refractivity contribution is 6.15. The molecule has 2 spiro atoms. The molecule has 4 aromatic heterocycles. The van der Waals surface area contributed by atoms with Gasteiger partial charge in [0.2, 0.25) is 0 Å². The Hall–Kier alpha value is -16.9. The zero-order valence-corrected chi connectivity index (χ0v) is 69.2. The maximum atomic E-state index is 7.00. The molecule has 4 aliphatic rings. The average Bonchev–Trinajstić information content (AvgIpc) is 1.49. The summed E-state index contributed by atoms with van der Waals surface area (Å²) in [6, 6.07) is 159. The van der Waals surface area contributed by atoms with Crippen molar-refractivity contribution in [3.05, 3.63) is 493 Å². The zero-order valence-electron chi connectivity index (χ0n) is 69.2. The van der Waals surface area contributed by atoms with Crippen LogP contribution in [0.15, 0.2) is 449 Å². The second-order valence-electron chi connectivity index (χ2n) is 33.3. The van der Waals surface area contributed by atoms with Gasteiger partial charge in [0.15, 0.2) is 11.6 Å². The third-order valence-electron chi connectivity index (χ3n) is 26.3. The summed E-state index contributed by atoms with van der Waals surface area (Å²) in [6.07, 6.45) is 0. The number of aromatic nitrogens is 6. The van der Waals surface area contributed by atoms with E-state index in [9.17, 15) is 0 Å². The van der Waals surface area contributed by atoms with Gasteiger partial charge in [0, 0.05) is 88.3 Å². The second-order valence-corrected chi connectivity index (χ2v) is 33.3. The fourth-order valence-corrected chi connectivity index (χ4v) is 20.5. The van der Waals surface area contributed by atoms with E-state index < -0.39 is 10.8 Å². The minimum Gasteiger partial charge on any atom is -0.457 e. The van der Waals surface area contributed by atoms with Crippen LogP contribution in [0.5, 0.6) is 23.0 Å². The topological polar surface area (TPSA) is 95.8 Å². The molecule has 26 rings (SSSR count). The SMILES string of the molecule is c1ccc(-c2cc(-c3ccc(-c4ccc5nc(-c6ccccc6)c6cc7c(cc6c5c4)C4(c5ccccc5O7)c5ccccc5-c5ccccc54)cc3)nc(-c3ccccc3)n2)cc1.c1ccc(-c2cccc(-c3cc(-c4ccc5nc(-c6ccccc6)c6cc7c(cc6c5c4)C4(c5ccccc5O7)c5ccccc5-c5ccccc54)nc(-c4ccccc4)n3)c2)cc1. The third kappa shape index (κ3) is 11.9. The van der Waals surface area contributed by atoms with Crippen LogP contribution < -0.4 is 9.47 Å². The molecule has 6 heterocycles. The summed E-state index contributed by atoms with van der Waals surface area (Å²) in [5.74, 6) is 4.78. The van der Waals surface area contributed by atoms with Crippen LogP contribution in [0.3, 0.4) is 0 Å². The minimum absolute atomic E-state index is 0.580. The molecule has 2 aliphatic heterocycles. The van der Waals surface area contributed by atoms with Crippen molar-refractivity contribution in [2.45, 2.75) is 10.8 Å². The van der Waals surface area contributed by atoms with Gasteiger partial charge in [-0.2, -0.15) is 0 Å². The third-order valence-corrected chi connectivity index (χ3v) is 26.3. The molecule has 0 unspecified atom stereocenters. The van der Waals surface area contributed by atoms with Crippen LogP contribution in [0.4, 0.5) is 0 Å². The molecule has 0 bridgehead atoms. The van der Waals surface area contributed by atoms with Gasteiger partial charge >= 0.3 is 0 Å². The Bertz CT molecular complexity index is 8080. The summed E-state index contributed by atoms with van der Waals surface area (Å²) in [6.45, 7) is 0. The van der Waals surface area contributed by atoms with Crippen molar-refractivity contribution in [2.75, 3.05) is 0 Å². The zero-order chi connectivity index (χ0) is 84.4. The largest absolute Gasteiger partial charge is 0.457 e. The second kappa shape index (κ2) is 30.0. The van der Waals surface area contributed by atoms with Crippen molar-refractivity contribution in [1.82, 2.24) is 29.9 Å². The van der Waals surface area contributed by atoms with Crippen LogP contribution >= 0.6 is 0 Å². The molecule has 0 saturated heterocycles. The van der Waals surface area contributed by atoms with Gasteiger partial charge in [-0.15, -0.1) is 0 Å². The van der Waals surface area contributed by atoms with E-state index in [-0.39, 0.29) is 0 Å². The lowest BCUT2D eigenvalue weighted by Gasteiger charge is -2.39. The molecule has 0 atom stereocenters. The van der Waals surface area contributed by atoms with Crippen molar-refractivity contribution in [3.8, 4) is 158 Å². The maximum absolute atomic E-state index is 7.00. The normalized spacial score (nSPS) is 12.9. The van der Waals surface area contributed by atoms with E-state index in [0.717, 1.165) is 190 Å². The molecular formula is C120H74N6O2. The molecule has 128 heavy (non-hydrogen) atoms. The summed E-state index contributed by atoms with van der Waals surface area (Å²) in [7, 11) is 0. The lowest BCUT2D eigenvalue weighted by Crippen LogP contribution is -2.32. The Kier molecular flexibility index (Phi) is 17.3. The lowest BCUT2D eigenvalue weighted by molar-refractivity contribution is 0.437. The molecule has 0 amide bonds. The fraction of sp³-hybridized carbons (Fsp3) is 0.0167. The van der Waals surface area contributed by atoms with E-state index in [1.165, 1.54) is 44.5 Å². The highest BCUT2D eigenvalue weighted by atomic mass is 16.5. The van der Waals surface area contributed by atoms with Crippen LogP contribution in [0, 0.1) is 0 Å². The first-order valence-corrected chi connectivity index (χ1v) is 43.5. The highest BCUT2D eigenvalue weighted by Crippen LogP contribution is 2.65. The quantitative estimate of drug-likeness (QED) is 0.125. The van der Waals surface area contributed by atoms with E-state index in [0.29, 0.717) is 11.6 Å². The van der Waals surface area contributed by atoms with E-state index in [1.54, 1.807) is 0 Å². The number of hydrogen-bond acceptors (Lipinski definition) is 8. The first-order valence-electron chi connectivity index (χ1n) is 43.5. The first-order chi connectivity index (χ1) is 63.4. The van der Waals surface area contributed by atoms with Gasteiger partial charge in [0.25, 0.3) is 0 Å². The van der Waals surface area contributed by atoms with E-state index in [1.807, 2.05) is 60.7 Å². The Labute approximate surface area is 739 Å². The summed E-state index contributed by atoms with van der Waals surface area (Å²) in [5.41, 5.74) is 33.2. The number of hydrogen-bond donors (Lipinski definition) is 0. The molecule has 0 saturated carbocycles. The summed E-state index contributed by atoms with van der Waals surface area (Å²) < 4.78 is 14.0. The van der Waals surface area contributed by atoms with Gasteiger partial charge in [-0.3, -0.25) is 0 Å². The average molecular weight is 1630 g/mol. The van der Waals surface area contributed by atoms with Crippen LogP contribution in [0.25, 0.3) is 178 Å². The van der Waals surface area contributed by atoms with Crippen molar-refractivity contribution in [3.63, 3.8) is 0 Å². The molecule has 8 nitrogen and oxygen atoms in total. The molecule has 0 N–H and O–H groups in total. The van der Waals surface area contributed by atoms with E-state index >= 15 is 0 Å². The summed E-state index contributed by atoms with van der Waals surface area (Å²) in [4.78, 5) is 31.4. The van der Waals surface area contributed by atoms with Crippen LogP contribution in [-0.2, 0) is 10.8 Å². The molecule has 2 aliphatic carbocycles. The molecule has 18 aromatic carbocycles. The van der Waals surface area contributed by atoms with Gasteiger partial charge in [0.05, 0.1) is 56.0 Å². The molecule has 8 heteroatoms. The van der Waals surface area contributed by atoms with Gasteiger partial charge in [-0.25, -0.2) is 29.9 Å². The van der Waals surface area contributed by atoms with Gasteiger partial charge < -0.3 is 9.47 Å². The maximum Gasteiger partial charge on any atom is 0.160 e. The molecule has 0 radical (unpaired) electrons. The Morgan fingerprint density at radius 1 is 0.156 bits per heavy atom. The summed E-state index contributed by atoms with van der Waals surface area (Å²) >= 11 is 0. The number of rotatable bonds is 10. The Balaban J connectivity index is 0.000000139. The lowest BCUT2D eigenvalue weighted by atomic mass is 9.65. The van der Waals surface area contributed by atoms with Crippen molar-refractivity contribution in [1.29, 1.82) is 0 Å². The fourth-order valence-electron chi connectivity index (χ4n) is 20.5.